The Morgan fingerprint density at radius 1 is 1.45 bits per heavy atom. The van der Waals surface area contributed by atoms with E-state index in [1.165, 1.54) is 12.1 Å². The van der Waals surface area contributed by atoms with Gasteiger partial charge in [-0.25, -0.2) is 4.39 Å². The van der Waals surface area contributed by atoms with E-state index in [0.717, 1.165) is 31.2 Å². The van der Waals surface area contributed by atoms with Gasteiger partial charge in [0.2, 0.25) is 5.91 Å². The first-order valence-electron chi connectivity index (χ1n) is 7.19. The summed E-state index contributed by atoms with van der Waals surface area (Å²) in [5.74, 6) is 0.101. The Kier molecular flexibility index (Phi) is 4.76. The highest BCUT2D eigenvalue weighted by Crippen LogP contribution is 2.32. The lowest BCUT2D eigenvalue weighted by Crippen LogP contribution is -2.54. The maximum Gasteiger partial charge on any atom is 0.224 e. The summed E-state index contributed by atoms with van der Waals surface area (Å²) in [6.45, 7) is 2.13. The second kappa shape index (κ2) is 6.35. The standard InChI is InChI=1S/C16H22FNO2/c1-12-3-2-8-16(10-12,11-19)18-15(20)9-13-4-6-14(17)7-5-13/h4-7,12,19H,2-3,8-11H2,1H3,(H,18,20). The monoisotopic (exact) mass is 279 g/mol. The minimum atomic E-state index is -0.477. The third kappa shape index (κ3) is 3.79. The van der Waals surface area contributed by atoms with E-state index in [-0.39, 0.29) is 24.8 Å². The molecule has 1 saturated carbocycles. The average Bonchev–Trinajstić information content (AvgIpc) is 2.41. The van der Waals surface area contributed by atoms with Crippen LogP contribution in [-0.4, -0.2) is 23.2 Å². The number of carbonyl (C=O) groups excluding carboxylic acids is 1. The molecule has 1 amide bonds. The molecule has 0 aromatic heterocycles. The van der Waals surface area contributed by atoms with E-state index < -0.39 is 5.54 Å². The zero-order valence-corrected chi connectivity index (χ0v) is 11.9. The third-order valence-electron chi connectivity index (χ3n) is 4.08. The highest BCUT2D eigenvalue weighted by molar-refractivity contribution is 5.79. The predicted octanol–water partition coefficient (Wildman–Crippen LogP) is 2.43. The maximum atomic E-state index is 12.8. The average molecular weight is 279 g/mol. The van der Waals surface area contributed by atoms with Crippen LogP contribution < -0.4 is 5.32 Å². The Morgan fingerprint density at radius 2 is 2.15 bits per heavy atom. The first-order chi connectivity index (χ1) is 9.53. The second-order valence-corrected chi connectivity index (χ2v) is 5.99. The number of benzene rings is 1. The number of rotatable bonds is 4. The molecular weight excluding hydrogens is 257 g/mol. The van der Waals surface area contributed by atoms with Crippen molar-refractivity contribution in [3.8, 4) is 0 Å². The number of aliphatic hydroxyl groups is 1. The topological polar surface area (TPSA) is 49.3 Å². The van der Waals surface area contributed by atoms with Gasteiger partial charge in [0.25, 0.3) is 0 Å². The lowest BCUT2D eigenvalue weighted by Gasteiger charge is -2.39. The summed E-state index contributed by atoms with van der Waals surface area (Å²) in [6.07, 6.45) is 4.03. The molecule has 2 unspecified atom stereocenters. The molecule has 1 aromatic carbocycles. The van der Waals surface area contributed by atoms with E-state index in [2.05, 4.69) is 12.2 Å². The number of hydrogen-bond donors (Lipinski definition) is 2. The number of aliphatic hydroxyl groups excluding tert-OH is 1. The fraction of sp³-hybridized carbons (Fsp3) is 0.562. The first-order valence-corrected chi connectivity index (χ1v) is 7.19. The predicted molar refractivity (Wildman–Crippen MR) is 75.7 cm³/mol. The maximum absolute atomic E-state index is 12.8. The van der Waals surface area contributed by atoms with E-state index in [4.69, 9.17) is 0 Å². The Morgan fingerprint density at radius 3 is 2.75 bits per heavy atom. The molecule has 2 rings (SSSR count). The van der Waals surface area contributed by atoms with E-state index in [1.807, 2.05) is 0 Å². The lowest BCUT2D eigenvalue weighted by atomic mass is 9.76. The quantitative estimate of drug-likeness (QED) is 0.889. The lowest BCUT2D eigenvalue weighted by molar-refractivity contribution is -0.123. The van der Waals surface area contributed by atoms with Crippen LogP contribution in [-0.2, 0) is 11.2 Å². The molecule has 0 bridgehead atoms. The zero-order valence-electron chi connectivity index (χ0n) is 11.9. The van der Waals surface area contributed by atoms with Crippen molar-refractivity contribution in [2.24, 2.45) is 5.92 Å². The van der Waals surface area contributed by atoms with Crippen LogP contribution in [0.4, 0.5) is 4.39 Å². The molecule has 4 heteroatoms. The summed E-state index contributed by atoms with van der Waals surface area (Å²) < 4.78 is 12.8. The van der Waals surface area contributed by atoms with Gasteiger partial charge in [-0.1, -0.05) is 31.9 Å². The normalized spacial score (nSPS) is 26.2. The molecule has 0 heterocycles. The molecule has 110 valence electrons. The van der Waals surface area contributed by atoms with Crippen LogP contribution in [0.1, 0.15) is 38.2 Å². The van der Waals surface area contributed by atoms with Crippen molar-refractivity contribution in [1.82, 2.24) is 5.32 Å². The van der Waals surface area contributed by atoms with Gasteiger partial charge in [0, 0.05) is 0 Å². The molecule has 20 heavy (non-hydrogen) atoms. The van der Waals surface area contributed by atoms with E-state index in [0.29, 0.717) is 5.92 Å². The molecule has 3 nitrogen and oxygen atoms in total. The van der Waals surface area contributed by atoms with Crippen molar-refractivity contribution < 1.29 is 14.3 Å². The fourth-order valence-corrected chi connectivity index (χ4v) is 3.08. The van der Waals surface area contributed by atoms with Crippen LogP contribution in [0, 0.1) is 11.7 Å². The number of nitrogens with one attached hydrogen (secondary N) is 1. The van der Waals surface area contributed by atoms with Gasteiger partial charge < -0.3 is 10.4 Å². The van der Waals surface area contributed by atoms with Crippen LogP contribution in [0.15, 0.2) is 24.3 Å². The SMILES string of the molecule is CC1CCCC(CO)(NC(=O)Cc2ccc(F)cc2)C1. The van der Waals surface area contributed by atoms with Crippen molar-refractivity contribution in [1.29, 1.82) is 0 Å². The molecule has 1 aromatic rings. The van der Waals surface area contributed by atoms with Gasteiger partial charge in [-0.3, -0.25) is 4.79 Å². The highest BCUT2D eigenvalue weighted by atomic mass is 19.1. The van der Waals surface area contributed by atoms with Crippen LogP contribution in [0.5, 0.6) is 0 Å². The zero-order chi connectivity index (χ0) is 14.6. The summed E-state index contributed by atoms with van der Waals surface area (Å²) in [5.41, 5.74) is 0.301. The molecule has 1 fully saturated rings. The fourth-order valence-electron chi connectivity index (χ4n) is 3.08. The van der Waals surface area contributed by atoms with Crippen molar-refractivity contribution in [2.75, 3.05) is 6.61 Å². The van der Waals surface area contributed by atoms with Gasteiger partial charge in [-0.05, 0) is 36.5 Å². The Bertz CT molecular complexity index is 460. The van der Waals surface area contributed by atoms with Crippen molar-refractivity contribution in [2.45, 2.75) is 44.6 Å². The summed E-state index contributed by atoms with van der Waals surface area (Å²) in [4.78, 5) is 12.1. The molecule has 2 N–H and O–H groups in total. The molecule has 0 saturated heterocycles. The van der Waals surface area contributed by atoms with E-state index >= 15 is 0 Å². The van der Waals surface area contributed by atoms with Gasteiger partial charge in [0.05, 0.1) is 18.6 Å². The smallest absolute Gasteiger partial charge is 0.224 e. The van der Waals surface area contributed by atoms with Gasteiger partial charge in [-0.15, -0.1) is 0 Å². The summed E-state index contributed by atoms with van der Waals surface area (Å²) in [7, 11) is 0. The molecule has 0 radical (unpaired) electrons. The number of amides is 1. The highest BCUT2D eigenvalue weighted by Gasteiger charge is 2.35. The van der Waals surface area contributed by atoms with Crippen LogP contribution >= 0.6 is 0 Å². The molecule has 2 atom stereocenters. The summed E-state index contributed by atoms with van der Waals surface area (Å²) in [6, 6.07) is 5.94. The molecule has 0 spiro atoms. The Hall–Kier alpha value is -1.42. The van der Waals surface area contributed by atoms with Crippen molar-refractivity contribution in [3.63, 3.8) is 0 Å². The minimum absolute atomic E-state index is 0.0213. The molecular formula is C16H22FNO2. The van der Waals surface area contributed by atoms with Gasteiger partial charge >= 0.3 is 0 Å². The number of hydrogen-bond acceptors (Lipinski definition) is 2. The summed E-state index contributed by atoms with van der Waals surface area (Å²) in [5, 5.41) is 12.6. The molecule has 0 aliphatic heterocycles. The number of carbonyl (C=O) groups is 1. The molecule has 1 aliphatic carbocycles. The van der Waals surface area contributed by atoms with Crippen molar-refractivity contribution >= 4 is 5.91 Å². The Balaban J connectivity index is 1.97. The van der Waals surface area contributed by atoms with Crippen LogP contribution in [0.25, 0.3) is 0 Å². The Labute approximate surface area is 119 Å². The van der Waals surface area contributed by atoms with E-state index in [1.54, 1.807) is 12.1 Å². The van der Waals surface area contributed by atoms with Gasteiger partial charge in [0.1, 0.15) is 5.82 Å². The molecule has 1 aliphatic rings. The second-order valence-electron chi connectivity index (χ2n) is 5.99. The first kappa shape index (κ1) is 15.0. The van der Waals surface area contributed by atoms with Crippen molar-refractivity contribution in [3.05, 3.63) is 35.6 Å². The van der Waals surface area contributed by atoms with Crippen LogP contribution in [0.2, 0.25) is 0 Å². The van der Waals surface area contributed by atoms with Crippen LogP contribution in [0.3, 0.4) is 0 Å². The van der Waals surface area contributed by atoms with Gasteiger partial charge in [0.15, 0.2) is 0 Å². The minimum Gasteiger partial charge on any atom is -0.394 e. The summed E-state index contributed by atoms with van der Waals surface area (Å²) >= 11 is 0. The van der Waals surface area contributed by atoms with Gasteiger partial charge in [-0.2, -0.15) is 0 Å². The van der Waals surface area contributed by atoms with E-state index in [9.17, 15) is 14.3 Å². The number of halogens is 1. The third-order valence-corrected chi connectivity index (χ3v) is 4.08. The largest absolute Gasteiger partial charge is 0.394 e.